The fourth-order valence-electron chi connectivity index (χ4n) is 3.38. The van der Waals surface area contributed by atoms with Crippen molar-refractivity contribution in [2.75, 3.05) is 24.2 Å². The van der Waals surface area contributed by atoms with Gasteiger partial charge >= 0.3 is 0 Å². The SMILES string of the molecule is O=C(CSc1nnc(CN2CCCC2)n1-c1ccccc1)Nc1cc(Cl)ccc1F. The predicted molar refractivity (Wildman–Crippen MR) is 117 cm³/mol. The van der Waals surface area contributed by atoms with Gasteiger partial charge in [-0.05, 0) is 56.3 Å². The number of thioether (sulfide) groups is 1. The second kappa shape index (κ2) is 9.59. The fraction of sp³-hybridized carbons (Fsp3) is 0.286. The van der Waals surface area contributed by atoms with Gasteiger partial charge in [0.25, 0.3) is 0 Å². The predicted octanol–water partition coefficient (Wildman–Crippen LogP) is 4.39. The molecule has 156 valence electrons. The Hall–Kier alpha value is -2.42. The maximum atomic E-state index is 13.9. The van der Waals surface area contributed by atoms with Crippen molar-refractivity contribution in [2.45, 2.75) is 24.5 Å². The molecule has 1 aromatic heterocycles. The Morgan fingerprint density at radius 2 is 1.90 bits per heavy atom. The summed E-state index contributed by atoms with van der Waals surface area (Å²) in [6, 6.07) is 13.9. The van der Waals surface area contributed by atoms with Crippen LogP contribution in [-0.2, 0) is 11.3 Å². The van der Waals surface area contributed by atoms with E-state index in [4.69, 9.17) is 11.6 Å². The van der Waals surface area contributed by atoms with Crippen molar-refractivity contribution >= 4 is 35.0 Å². The first kappa shape index (κ1) is 20.8. The third-order valence-corrected chi connectivity index (χ3v) is 5.98. The molecule has 30 heavy (non-hydrogen) atoms. The highest BCUT2D eigenvalue weighted by Crippen LogP contribution is 2.25. The largest absolute Gasteiger partial charge is 0.323 e. The van der Waals surface area contributed by atoms with Gasteiger partial charge in [-0.15, -0.1) is 10.2 Å². The Bertz CT molecular complexity index is 1020. The van der Waals surface area contributed by atoms with Gasteiger partial charge in [0.05, 0.1) is 18.0 Å². The minimum atomic E-state index is -0.530. The van der Waals surface area contributed by atoms with Gasteiger partial charge in [-0.25, -0.2) is 4.39 Å². The highest BCUT2D eigenvalue weighted by Gasteiger charge is 2.20. The molecule has 3 aromatic rings. The van der Waals surface area contributed by atoms with Crippen LogP contribution < -0.4 is 5.32 Å². The van der Waals surface area contributed by atoms with E-state index in [-0.39, 0.29) is 17.3 Å². The van der Waals surface area contributed by atoms with E-state index in [9.17, 15) is 9.18 Å². The molecule has 1 saturated heterocycles. The van der Waals surface area contributed by atoms with Crippen molar-refractivity contribution in [3.05, 3.63) is 65.2 Å². The Kier molecular flexibility index (Phi) is 6.66. The Morgan fingerprint density at radius 3 is 2.67 bits per heavy atom. The van der Waals surface area contributed by atoms with Crippen LogP contribution in [0, 0.1) is 5.82 Å². The molecule has 0 atom stereocenters. The summed E-state index contributed by atoms with van der Waals surface area (Å²) in [6.45, 7) is 2.82. The summed E-state index contributed by atoms with van der Waals surface area (Å²) in [6.07, 6.45) is 2.39. The van der Waals surface area contributed by atoms with E-state index in [1.165, 1.54) is 42.8 Å². The topological polar surface area (TPSA) is 63.1 Å². The van der Waals surface area contributed by atoms with Crippen LogP contribution in [0.1, 0.15) is 18.7 Å². The van der Waals surface area contributed by atoms with Gasteiger partial charge in [0.15, 0.2) is 11.0 Å². The quantitative estimate of drug-likeness (QED) is 0.546. The molecule has 4 rings (SSSR count). The number of likely N-dealkylation sites (tertiary alicyclic amines) is 1. The minimum absolute atomic E-state index is 0.0624. The molecule has 1 fully saturated rings. The fourth-order valence-corrected chi connectivity index (χ4v) is 4.33. The maximum absolute atomic E-state index is 13.9. The molecule has 1 amide bonds. The van der Waals surface area contributed by atoms with E-state index in [0.29, 0.717) is 16.7 Å². The smallest absolute Gasteiger partial charge is 0.234 e. The Morgan fingerprint density at radius 1 is 1.13 bits per heavy atom. The second-order valence-corrected chi connectivity index (χ2v) is 8.39. The summed E-state index contributed by atoms with van der Waals surface area (Å²) in [5, 5.41) is 12.2. The van der Waals surface area contributed by atoms with Crippen LogP contribution in [0.5, 0.6) is 0 Å². The third kappa shape index (κ3) is 5.00. The molecule has 0 aliphatic carbocycles. The number of nitrogens with zero attached hydrogens (tertiary/aromatic N) is 4. The van der Waals surface area contributed by atoms with Crippen LogP contribution in [0.4, 0.5) is 10.1 Å². The summed E-state index contributed by atoms with van der Waals surface area (Å²) < 4.78 is 15.8. The maximum Gasteiger partial charge on any atom is 0.234 e. The van der Waals surface area contributed by atoms with Crippen LogP contribution >= 0.6 is 23.4 Å². The highest BCUT2D eigenvalue weighted by atomic mass is 35.5. The number of aromatic nitrogens is 3. The number of halogens is 2. The van der Waals surface area contributed by atoms with Crippen molar-refractivity contribution in [1.29, 1.82) is 0 Å². The van der Waals surface area contributed by atoms with Crippen LogP contribution in [0.3, 0.4) is 0 Å². The van der Waals surface area contributed by atoms with Gasteiger partial charge in [-0.2, -0.15) is 0 Å². The molecule has 1 aliphatic rings. The number of hydrogen-bond donors (Lipinski definition) is 1. The second-order valence-electron chi connectivity index (χ2n) is 7.01. The van der Waals surface area contributed by atoms with E-state index in [1.807, 2.05) is 34.9 Å². The standard InChI is InChI=1S/C21H21ClFN5OS/c22-15-8-9-17(23)18(12-15)24-20(29)14-30-21-26-25-19(13-27-10-4-5-11-27)28(21)16-6-2-1-3-7-16/h1-3,6-9,12H,4-5,10-11,13-14H2,(H,24,29). The molecule has 1 N–H and O–H groups in total. The monoisotopic (exact) mass is 445 g/mol. The minimum Gasteiger partial charge on any atom is -0.323 e. The lowest BCUT2D eigenvalue weighted by atomic mass is 10.3. The van der Waals surface area contributed by atoms with Crippen molar-refractivity contribution in [1.82, 2.24) is 19.7 Å². The number of amides is 1. The van der Waals surface area contributed by atoms with E-state index in [2.05, 4.69) is 20.4 Å². The molecule has 0 bridgehead atoms. The lowest BCUT2D eigenvalue weighted by molar-refractivity contribution is -0.113. The third-order valence-electron chi connectivity index (χ3n) is 4.81. The first-order valence-electron chi connectivity index (χ1n) is 9.70. The van der Waals surface area contributed by atoms with Crippen LogP contribution in [-0.4, -0.2) is 44.4 Å². The summed E-state index contributed by atoms with van der Waals surface area (Å²) >= 11 is 7.15. The first-order chi connectivity index (χ1) is 14.6. The van der Waals surface area contributed by atoms with E-state index >= 15 is 0 Å². The number of para-hydroxylation sites is 1. The van der Waals surface area contributed by atoms with Crippen LogP contribution in [0.25, 0.3) is 5.69 Å². The molecule has 9 heteroatoms. The number of nitrogens with one attached hydrogen (secondary N) is 1. The first-order valence-corrected chi connectivity index (χ1v) is 11.1. The van der Waals surface area contributed by atoms with Crippen molar-refractivity contribution < 1.29 is 9.18 Å². The van der Waals surface area contributed by atoms with E-state index in [1.54, 1.807) is 0 Å². The van der Waals surface area contributed by atoms with Gasteiger partial charge in [0.2, 0.25) is 5.91 Å². The van der Waals surface area contributed by atoms with Gasteiger partial charge < -0.3 is 5.32 Å². The molecule has 0 spiro atoms. The Balaban J connectivity index is 1.50. The number of rotatable bonds is 7. The number of hydrogen-bond acceptors (Lipinski definition) is 5. The average molecular weight is 446 g/mol. The number of anilines is 1. The van der Waals surface area contributed by atoms with E-state index in [0.717, 1.165) is 24.6 Å². The average Bonchev–Trinajstić information content (AvgIpc) is 3.40. The van der Waals surface area contributed by atoms with Gasteiger partial charge in [0, 0.05) is 10.7 Å². The van der Waals surface area contributed by atoms with Gasteiger partial charge in [-0.1, -0.05) is 41.6 Å². The lowest BCUT2D eigenvalue weighted by Crippen LogP contribution is -2.21. The van der Waals surface area contributed by atoms with Gasteiger partial charge in [-0.3, -0.25) is 14.3 Å². The molecule has 2 aromatic carbocycles. The zero-order valence-electron chi connectivity index (χ0n) is 16.2. The molecule has 0 unspecified atom stereocenters. The molecule has 2 heterocycles. The van der Waals surface area contributed by atoms with E-state index < -0.39 is 5.82 Å². The van der Waals surface area contributed by atoms with Crippen molar-refractivity contribution in [3.63, 3.8) is 0 Å². The zero-order chi connectivity index (χ0) is 20.9. The summed E-state index contributed by atoms with van der Waals surface area (Å²) in [4.78, 5) is 14.7. The summed E-state index contributed by atoms with van der Waals surface area (Å²) in [5.74, 6) is 0.0375. The van der Waals surface area contributed by atoms with Crippen molar-refractivity contribution in [2.24, 2.45) is 0 Å². The van der Waals surface area contributed by atoms with Crippen LogP contribution in [0.15, 0.2) is 53.7 Å². The van der Waals surface area contributed by atoms with Crippen molar-refractivity contribution in [3.8, 4) is 5.69 Å². The number of benzene rings is 2. The molecule has 0 radical (unpaired) electrons. The zero-order valence-corrected chi connectivity index (χ0v) is 17.8. The Labute approximate surface area is 183 Å². The summed E-state index contributed by atoms with van der Waals surface area (Å²) in [5.41, 5.74) is 1.01. The highest BCUT2D eigenvalue weighted by molar-refractivity contribution is 7.99. The molecule has 0 saturated carbocycles. The molecular weight excluding hydrogens is 425 g/mol. The van der Waals surface area contributed by atoms with Crippen LogP contribution in [0.2, 0.25) is 5.02 Å². The molecule has 6 nitrogen and oxygen atoms in total. The molecular formula is C21H21ClFN5OS. The van der Waals surface area contributed by atoms with Gasteiger partial charge in [0.1, 0.15) is 5.82 Å². The summed E-state index contributed by atoms with van der Waals surface area (Å²) in [7, 11) is 0. The number of carbonyl (C=O) groups excluding carboxylic acids is 1. The normalized spacial score (nSPS) is 14.2. The molecule has 1 aliphatic heterocycles. The lowest BCUT2D eigenvalue weighted by Gasteiger charge is -2.16. The number of carbonyl (C=O) groups is 1.